The highest BCUT2D eigenvalue weighted by atomic mass is 127. The van der Waals surface area contributed by atoms with Crippen LogP contribution in [0.2, 0.25) is 19.0 Å². The number of cyclic esters (lactones) is 1. The van der Waals surface area contributed by atoms with Crippen molar-refractivity contribution in [1.82, 2.24) is 48.4 Å². The Kier molecular flexibility index (Phi) is 58.5. The molecule has 0 spiro atoms. The van der Waals surface area contributed by atoms with Gasteiger partial charge in [0.1, 0.15) is 51.7 Å². The van der Waals surface area contributed by atoms with Crippen LogP contribution < -0.4 is 16.8 Å². The van der Waals surface area contributed by atoms with Gasteiger partial charge in [-0.2, -0.15) is 93.6 Å². The highest BCUT2D eigenvalue weighted by Crippen LogP contribution is 2.46. The third-order valence-corrected chi connectivity index (χ3v) is 35.7. The van der Waals surface area contributed by atoms with E-state index in [1.165, 1.54) is 99.9 Å². The van der Waals surface area contributed by atoms with E-state index in [9.17, 15) is 89.5 Å². The molecule has 7 heterocycles. The van der Waals surface area contributed by atoms with Gasteiger partial charge in [-0.05, 0) is 197 Å². The average molecular weight is 2340 g/mol. The maximum atomic E-state index is 12.6. The van der Waals surface area contributed by atoms with E-state index < -0.39 is 159 Å². The SMILES string of the molecule is C=CC[C@H]1CCC[C@@]1(N=[N+]=[N-])C(C)=O.C=CC[C@H]1CN(S(=O)(=O)N(C)C)C[C@@]1(N=[N+]=[N-])C(C)=O.CC(=O)[C@]1(N=[N+]=[N-])CN(S(=O)(=O)N(C)C)C[C@@H]1CCCB1OC(C)(C)C(C)(C)O1.CN(C)S(=O)(=O)N1CCOC1=O.CN(C)S(=O)(=O)N1C[C@H](CCCB(O)O)[C@](N)(C(=O)O)C1.CN(C)S(=O)(=O)N1C[C@H](CCCB2OC(C)(C)C(C)(C)O2)[C@](N)(C(=O)O)C1.CNC.N=P[B]I.O=C=NS(=O)(=O)Cl.OCCBr. The van der Waals surface area contributed by atoms with Crippen molar-refractivity contribution in [3.63, 3.8) is 0 Å². The van der Waals surface area contributed by atoms with Crippen LogP contribution in [0.1, 0.15) is 147 Å². The Morgan fingerprint density at radius 1 is 0.603 bits per heavy atom. The number of carbonyl (C=O) groups excluding carboxylic acids is 5. The number of carbonyl (C=O) groups is 6. The number of aliphatic hydroxyl groups excluding tert-OH is 1. The summed E-state index contributed by atoms with van der Waals surface area (Å²) in [4.78, 5) is 89.2. The number of Topliss-reactive ketones (excluding diaryl/α,β-unsaturated/α-hetero) is 3. The Balaban J connectivity index is 0. The third kappa shape index (κ3) is 38.7. The second-order valence-corrected chi connectivity index (χ2v) is 52.0. The summed E-state index contributed by atoms with van der Waals surface area (Å²) in [5.74, 6) is -4.83. The van der Waals surface area contributed by atoms with Gasteiger partial charge in [0, 0.05) is 165 Å². The maximum Gasteiger partial charge on any atom is 0.457 e. The molecule has 1 aliphatic carbocycles. The number of aliphatic carboxylic acids is 2. The molecule has 7 aliphatic heterocycles. The molecule has 0 aromatic heterocycles. The number of azide groups is 3. The number of nitrogens with zero attached hydrogens (tertiary/aromatic N) is 20. The standard InChI is InChI=1S/C17H32BN5O5S.C16H32BN3O6S.C11H19N5O3S.C10H22BN3O6S.C10H15N3O.C5H10N2O4S.C2H5BrO.C2H7N.CClNO3S.BHINP/c1-13(24)17(20-21-19)12-23(29(25,26)22(6)7)11-14(17)9-8-10-18-27-15(2,3)16(4,5)28-18;1-14(2)15(3,4)26-17(25-14)9-7-8-12-10-20(27(23,24)19(5)6)11-16(12,18)13(21)22;1-5-6-10-7-16(20(18,19)15(3)4)8-11(10,9(2)17)13-14-12;1-13(2)21(19,20)14-6-8(4-3-5-11(17)18)10(12,7-14)9(15)16;1-3-5-9-6-4-7-10(9,8(2)14)12-13-11;1-6(2)12(9,10)7-3-4-11-5(7)8;3-1-2-4;1-3-2;2-7(5,6)3-1-4;2-1-4-3/h14H,8-12H2,1-7H3;12H,7-11,18H2,1-6H3,(H,21,22);5,10H,1,6-8H2,2-4H3;8,17-18H,3-7,12H2,1-2H3,(H,15,16);3,9H,1,4-7H2,2H3;3-4H2,1-2H3;4H,1-2H2;3H,1-2H3;;3H/t14-,17+;12-,16-;10-,11+;8-,10-;9-,10+;;;;;/m00000...../s1. The van der Waals surface area contributed by atoms with E-state index in [4.69, 9.17) is 71.8 Å². The number of allylic oxidation sites excluding steroid dienone is 2. The van der Waals surface area contributed by atoms with Crippen LogP contribution in [0.3, 0.4) is 0 Å². The molecule has 8 fully saturated rings. The van der Waals surface area contributed by atoms with Crippen LogP contribution in [0.25, 0.3) is 31.3 Å². The number of rotatable bonds is 37. The van der Waals surface area contributed by atoms with Crippen molar-refractivity contribution in [2.75, 3.05) is 162 Å². The number of amides is 1. The number of nitrogens with two attached hydrogens (primary N) is 2. The molecule has 0 bridgehead atoms. The zero-order valence-corrected chi connectivity index (χ0v) is 94.6. The first-order valence-corrected chi connectivity index (χ1v) is 56.3. The van der Waals surface area contributed by atoms with Crippen molar-refractivity contribution < 1.29 is 133 Å². The van der Waals surface area contributed by atoms with Gasteiger partial charge in [-0.1, -0.05) is 73.5 Å². The number of halogens is 3. The van der Waals surface area contributed by atoms with E-state index in [0.29, 0.717) is 81.9 Å². The Bertz CT molecular complexity index is 5070. The lowest BCUT2D eigenvalue weighted by Crippen LogP contribution is -2.55. The fourth-order valence-electron chi connectivity index (χ4n) is 15.4. The summed E-state index contributed by atoms with van der Waals surface area (Å²) in [5, 5.41) is 65.3. The van der Waals surface area contributed by atoms with Gasteiger partial charge in [-0.3, -0.25) is 29.1 Å². The molecule has 1 amide bonds. The lowest BCUT2D eigenvalue weighted by atomic mass is 9.77. The molecule has 0 aromatic rings. The topological polar surface area (TPSA) is 751 Å². The van der Waals surface area contributed by atoms with Crippen LogP contribution in [-0.2, 0) is 112 Å². The van der Waals surface area contributed by atoms with Crippen LogP contribution in [0, 0.1) is 34.8 Å². The monoisotopic (exact) mass is 2340 g/mol. The largest absolute Gasteiger partial charge is 0.480 e. The van der Waals surface area contributed by atoms with Crippen molar-refractivity contribution in [3.05, 3.63) is 56.6 Å². The van der Waals surface area contributed by atoms with Crippen LogP contribution >= 0.6 is 57.2 Å². The molecule has 0 unspecified atom stereocenters. The Hall–Kier alpha value is -5.19. The molecule has 8 rings (SSSR count). The Morgan fingerprint density at radius 3 is 1.16 bits per heavy atom. The smallest absolute Gasteiger partial charge is 0.457 e. The fraction of sp³-hybridized carbons (Fsp3) is 0.851. The maximum absolute atomic E-state index is 12.6. The van der Waals surface area contributed by atoms with E-state index in [1.807, 2.05) is 91.9 Å². The van der Waals surface area contributed by atoms with Gasteiger partial charge in [0.2, 0.25) is 0 Å². The predicted molar refractivity (Wildman–Crippen MR) is 548 cm³/mol. The lowest BCUT2D eigenvalue weighted by Gasteiger charge is -2.32. The first-order chi connectivity index (χ1) is 64.5. The molecule has 11 N–H and O–H groups in total. The van der Waals surface area contributed by atoms with Gasteiger partial charge in [-0.15, -0.1) is 35.5 Å². The minimum Gasteiger partial charge on any atom is -0.480 e. The highest BCUT2D eigenvalue weighted by Gasteiger charge is 2.59. The summed E-state index contributed by atoms with van der Waals surface area (Å²) in [7, 11) is -1.93. The summed E-state index contributed by atoms with van der Waals surface area (Å²) < 4.78 is 181. The van der Waals surface area contributed by atoms with Gasteiger partial charge in [-0.25, -0.2) is 9.59 Å². The van der Waals surface area contributed by atoms with Crippen molar-refractivity contribution >= 4 is 185 Å². The number of carboxylic acid groups (broad SMARTS) is 2. The molecular weight excluding hydrogens is 2200 g/mol. The molecule has 7 saturated heterocycles. The lowest BCUT2D eigenvalue weighted by molar-refractivity contribution is -0.145. The summed E-state index contributed by atoms with van der Waals surface area (Å²) >= 11 is 5.02. The van der Waals surface area contributed by atoms with Gasteiger partial charge in [0.25, 0.3) is 51.8 Å². The Morgan fingerprint density at radius 2 is 0.901 bits per heavy atom. The number of hydrogen-bond donors (Lipinski definition) is 9. The molecule has 8 aliphatic rings. The Labute approximate surface area is 860 Å². The van der Waals surface area contributed by atoms with Gasteiger partial charge < -0.3 is 65.5 Å². The van der Waals surface area contributed by atoms with E-state index >= 15 is 0 Å². The molecule has 1 radical (unpaired) electrons. The number of isocyanates is 1. The molecule has 53 nitrogen and oxygen atoms in total. The number of ether oxygens (including phenoxy) is 1. The summed E-state index contributed by atoms with van der Waals surface area (Å²) in [5.41, 5.74) is 29.8. The van der Waals surface area contributed by atoms with Crippen LogP contribution in [0.5, 0.6) is 0 Å². The van der Waals surface area contributed by atoms with E-state index in [0.717, 1.165) is 55.5 Å². The van der Waals surface area contributed by atoms with Gasteiger partial charge >= 0.3 is 58.8 Å². The van der Waals surface area contributed by atoms with Crippen molar-refractivity contribution in [1.29, 1.82) is 5.16 Å². The van der Waals surface area contributed by atoms with Gasteiger partial charge in [0.15, 0.2) is 0 Å². The normalized spacial score (nSPS) is 25.5. The van der Waals surface area contributed by atoms with Crippen molar-refractivity contribution in [2.24, 2.45) is 60.8 Å². The summed E-state index contributed by atoms with van der Waals surface area (Å²) in [6.45, 7) is 27.3. The highest BCUT2D eigenvalue weighted by molar-refractivity contribution is 14.1. The zero-order chi connectivity index (χ0) is 110. The number of aliphatic hydroxyl groups is 1. The average Bonchev–Trinajstić information content (AvgIpc) is 1.62. The minimum absolute atomic E-state index is 0.00480. The van der Waals surface area contributed by atoms with Crippen LogP contribution in [-0.4, -0.2) is 399 Å². The third-order valence-electron chi connectivity index (χ3n) is 24.7. The number of ketones is 3. The number of alkyl halides is 1. The van der Waals surface area contributed by atoms with E-state index in [-0.39, 0.29) is 116 Å². The van der Waals surface area contributed by atoms with Crippen molar-refractivity contribution in [2.45, 2.75) is 216 Å². The number of hydrogen-bond acceptors (Lipinski definition) is 34. The molecule has 1 saturated carbocycles. The quantitative estimate of drug-likeness (QED) is 0.00328. The predicted octanol–water partition coefficient (Wildman–Crippen LogP) is 5.24. The number of nitrogens with one attached hydrogen (secondary N) is 2. The second kappa shape index (κ2) is 59.9. The molecular formula is C74H143B4BrClIN24O29PS6. The molecule has 807 valence electrons. The van der Waals surface area contributed by atoms with Gasteiger partial charge in [0.05, 0.1) is 35.6 Å². The second-order valence-electron chi connectivity index (χ2n) is 36.3. The first-order valence-electron chi connectivity index (χ1n) is 43.7. The molecule has 10 atom stereocenters. The van der Waals surface area contributed by atoms with Crippen molar-refractivity contribution in [3.8, 4) is 0 Å². The van der Waals surface area contributed by atoms with Crippen LogP contribution in [0.15, 0.2) is 45.1 Å². The molecule has 141 heavy (non-hydrogen) atoms. The zero-order valence-electron chi connectivity index (χ0n) is 84.3. The first kappa shape index (κ1) is 138. The summed E-state index contributed by atoms with van der Waals surface area (Å²) in [6, 6.07) is 0. The molecule has 67 heteroatoms. The minimum atomic E-state index is -4.00. The van der Waals surface area contributed by atoms with E-state index in [1.54, 1.807) is 17.0 Å². The summed E-state index contributed by atoms with van der Waals surface area (Å²) in [6.07, 6.45) is 11.3. The van der Waals surface area contributed by atoms with E-state index in [2.05, 4.69) is 84.3 Å². The molecule has 0 aromatic carbocycles. The fourth-order valence-corrected chi connectivity index (χ4v) is 21.3. The van der Waals surface area contributed by atoms with Crippen LogP contribution in [0.4, 0.5) is 4.79 Å². The number of carboxylic acids is 2.